The summed E-state index contributed by atoms with van der Waals surface area (Å²) in [6, 6.07) is 13.4. The lowest BCUT2D eigenvalue weighted by atomic mass is 10.2. The van der Waals surface area contributed by atoms with E-state index in [1.54, 1.807) is 4.52 Å². The van der Waals surface area contributed by atoms with Crippen LogP contribution in [0.25, 0.3) is 5.52 Å². The zero-order chi connectivity index (χ0) is 27.6. The van der Waals surface area contributed by atoms with E-state index < -0.39 is 0 Å². The molecule has 3 aromatic heterocycles. The fourth-order valence-electron chi connectivity index (χ4n) is 4.66. The molecule has 1 amide bonds. The van der Waals surface area contributed by atoms with Crippen molar-refractivity contribution in [2.75, 3.05) is 30.3 Å². The number of anilines is 3. The average Bonchev–Trinajstić information content (AvgIpc) is 3.59. The molecule has 4 heterocycles. The molecule has 0 radical (unpaired) electrons. The number of fused-ring (bicyclic) bond motifs is 1. The van der Waals surface area contributed by atoms with Crippen LogP contribution in [-0.4, -0.2) is 76.4 Å². The number of carbonyl (C=O) groups excluding carboxylic acids is 1. The SMILES string of the molecule is Cc1cc(Nc2nc(Sc3ccc(NC(=O)CN4C[C@H](SC(C)(C)C)C[C@H]4CO)cc3)nn3cccc23)n[nH]1. The molecule has 0 spiro atoms. The highest BCUT2D eigenvalue weighted by Crippen LogP contribution is 2.35. The minimum atomic E-state index is -0.0824. The van der Waals surface area contributed by atoms with Crippen molar-refractivity contribution in [3.8, 4) is 0 Å². The van der Waals surface area contributed by atoms with E-state index in [0.29, 0.717) is 22.0 Å². The normalized spacial score (nSPS) is 18.1. The molecule has 39 heavy (non-hydrogen) atoms. The molecule has 1 fully saturated rings. The molecular weight excluding hydrogens is 532 g/mol. The van der Waals surface area contributed by atoms with Crippen LogP contribution in [0.5, 0.6) is 0 Å². The first-order valence-corrected chi connectivity index (χ1v) is 14.6. The smallest absolute Gasteiger partial charge is 0.238 e. The number of benzene rings is 1. The third-order valence-electron chi connectivity index (χ3n) is 6.24. The monoisotopic (exact) mass is 566 g/mol. The Labute approximate surface area is 236 Å². The maximum atomic E-state index is 12.8. The molecule has 1 saturated heterocycles. The second kappa shape index (κ2) is 11.6. The molecule has 206 valence electrons. The quantitative estimate of drug-likeness (QED) is 0.231. The van der Waals surface area contributed by atoms with Gasteiger partial charge in [-0.25, -0.2) is 9.50 Å². The fraction of sp³-hybridized carbons (Fsp3) is 0.407. The summed E-state index contributed by atoms with van der Waals surface area (Å²) < 4.78 is 1.94. The molecule has 4 aromatic rings. The zero-order valence-electron chi connectivity index (χ0n) is 22.5. The molecule has 1 aliphatic rings. The van der Waals surface area contributed by atoms with Crippen molar-refractivity contribution < 1.29 is 9.90 Å². The van der Waals surface area contributed by atoms with Crippen molar-refractivity contribution >= 4 is 52.3 Å². The number of likely N-dealkylation sites (tertiary alicyclic amines) is 1. The summed E-state index contributed by atoms with van der Waals surface area (Å²) in [5.74, 6) is 1.27. The van der Waals surface area contributed by atoms with Gasteiger partial charge in [-0.3, -0.25) is 14.8 Å². The van der Waals surface area contributed by atoms with Gasteiger partial charge in [-0.2, -0.15) is 16.9 Å². The van der Waals surface area contributed by atoms with Crippen molar-refractivity contribution in [3.63, 3.8) is 0 Å². The van der Waals surface area contributed by atoms with Crippen molar-refractivity contribution in [1.82, 2.24) is 29.7 Å². The van der Waals surface area contributed by atoms with Gasteiger partial charge in [0.2, 0.25) is 11.1 Å². The van der Waals surface area contributed by atoms with Crippen LogP contribution in [0.2, 0.25) is 0 Å². The highest BCUT2D eigenvalue weighted by molar-refractivity contribution is 8.01. The van der Waals surface area contributed by atoms with Gasteiger partial charge in [0.25, 0.3) is 0 Å². The molecule has 2 atom stereocenters. The minimum absolute atomic E-state index is 0.0171. The highest BCUT2D eigenvalue weighted by Gasteiger charge is 2.35. The predicted octanol–water partition coefficient (Wildman–Crippen LogP) is 4.56. The van der Waals surface area contributed by atoms with Crippen LogP contribution >= 0.6 is 23.5 Å². The number of aromatic amines is 1. The van der Waals surface area contributed by atoms with Crippen LogP contribution < -0.4 is 10.6 Å². The maximum Gasteiger partial charge on any atom is 0.238 e. The van der Waals surface area contributed by atoms with E-state index in [1.807, 2.05) is 67.3 Å². The Balaban J connectivity index is 1.20. The Morgan fingerprint density at radius 2 is 2.03 bits per heavy atom. The number of nitrogens with one attached hydrogen (secondary N) is 3. The Kier molecular flexibility index (Phi) is 8.17. The summed E-state index contributed by atoms with van der Waals surface area (Å²) in [6.45, 7) is 9.68. The van der Waals surface area contributed by atoms with E-state index in [4.69, 9.17) is 4.98 Å². The summed E-state index contributed by atoms with van der Waals surface area (Å²) in [6.07, 6.45) is 2.78. The fourth-order valence-corrected chi connectivity index (χ4v) is 6.99. The molecular formula is C27H34N8O2S2. The standard InChI is InChI=1S/C27H34N8O2S2/c1-17-12-23(32-31-17)29-25-22-6-5-11-35(22)33-26(30-25)38-20-9-7-18(8-10-20)28-24(37)15-34-14-21(13-19(34)16-36)39-27(2,3)4/h5-12,19,21,36H,13-16H2,1-4H3,(H,28,37)(H2,29,30,31,32,33)/t19-,21+/m0/s1. The Morgan fingerprint density at radius 1 is 1.23 bits per heavy atom. The summed E-state index contributed by atoms with van der Waals surface area (Å²) >= 11 is 3.35. The number of hydrogen-bond donors (Lipinski definition) is 4. The molecule has 4 N–H and O–H groups in total. The van der Waals surface area contributed by atoms with E-state index in [9.17, 15) is 9.90 Å². The Bertz CT molecular complexity index is 1430. The first-order valence-electron chi connectivity index (χ1n) is 12.9. The van der Waals surface area contributed by atoms with E-state index in [2.05, 4.69) is 51.6 Å². The summed E-state index contributed by atoms with van der Waals surface area (Å²) in [5.41, 5.74) is 2.53. The molecule has 0 aliphatic carbocycles. The van der Waals surface area contributed by atoms with Crippen LogP contribution in [0.15, 0.2) is 58.7 Å². The van der Waals surface area contributed by atoms with Crippen LogP contribution in [0.1, 0.15) is 32.9 Å². The summed E-state index contributed by atoms with van der Waals surface area (Å²) in [7, 11) is 0. The van der Waals surface area contributed by atoms with Crippen molar-refractivity contribution in [3.05, 3.63) is 54.4 Å². The molecule has 1 aliphatic heterocycles. The minimum Gasteiger partial charge on any atom is -0.395 e. The van der Waals surface area contributed by atoms with Gasteiger partial charge in [-0.1, -0.05) is 20.8 Å². The molecule has 5 rings (SSSR count). The number of amides is 1. The van der Waals surface area contributed by atoms with Gasteiger partial charge in [-0.05, 0) is 61.5 Å². The van der Waals surface area contributed by atoms with E-state index in [0.717, 1.165) is 34.8 Å². The van der Waals surface area contributed by atoms with E-state index in [-0.39, 0.29) is 29.8 Å². The maximum absolute atomic E-state index is 12.8. The largest absolute Gasteiger partial charge is 0.395 e. The topological polar surface area (TPSA) is 123 Å². The number of thioether (sulfide) groups is 1. The van der Waals surface area contributed by atoms with Crippen molar-refractivity contribution in [1.29, 1.82) is 0 Å². The number of nitrogens with zero attached hydrogens (tertiary/aromatic N) is 5. The third kappa shape index (κ3) is 7.13. The number of H-pyrrole nitrogens is 1. The van der Waals surface area contributed by atoms with E-state index >= 15 is 0 Å². The van der Waals surface area contributed by atoms with Gasteiger partial charge >= 0.3 is 0 Å². The molecule has 0 saturated carbocycles. The number of aliphatic hydroxyl groups is 1. The number of aryl methyl sites for hydroxylation is 1. The lowest BCUT2D eigenvalue weighted by Crippen LogP contribution is -2.38. The summed E-state index contributed by atoms with van der Waals surface area (Å²) in [4.78, 5) is 20.6. The van der Waals surface area contributed by atoms with Crippen molar-refractivity contribution in [2.24, 2.45) is 0 Å². The lowest BCUT2D eigenvalue weighted by molar-refractivity contribution is -0.117. The number of aliphatic hydroxyl groups excluding tert-OH is 1. The van der Waals surface area contributed by atoms with Crippen LogP contribution in [-0.2, 0) is 4.79 Å². The van der Waals surface area contributed by atoms with Gasteiger partial charge in [0, 0.05) is 51.1 Å². The van der Waals surface area contributed by atoms with Gasteiger partial charge in [0.15, 0.2) is 11.6 Å². The second-order valence-corrected chi connectivity index (χ2v) is 13.8. The van der Waals surface area contributed by atoms with Gasteiger partial charge in [-0.15, -0.1) is 5.10 Å². The van der Waals surface area contributed by atoms with Crippen molar-refractivity contribution in [2.45, 2.75) is 60.2 Å². The van der Waals surface area contributed by atoms with Gasteiger partial charge < -0.3 is 15.7 Å². The number of carbonyl (C=O) groups is 1. The molecule has 0 unspecified atom stereocenters. The molecule has 0 bridgehead atoms. The highest BCUT2D eigenvalue weighted by atomic mass is 32.2. The first-order chi connectivity index (χ1) is 18.6. The first kappa shape index (κ1) is 27.5. The van der Waals surface area contributed by atoms with Crippen LogP contribution in [0, 0.1) is 6.92 Å². The molecule has 10 nitrogen and oxygen atoms in total. The lowest BCUT2D eigenvalue weighted by Gasteiger charge is -2.23. The Morgan fingerprint density at radius 3 is 2.72 bits per heavy atom. The second-order valence-electron chi connectivity index (χ2n) is 10.7. The number of rotatable bonds is 9. The van der Waals surface area contributed by atoms with Crippen LogP contribution in [0.3, 0.4) is 0 Å². The number of hydrogen-bond acceptors (Lipinski definition) is 9. The predicted molar refractivity (Wildman–Crippen MR) is 157 cm³/mol. The third-order valence-corrected chi connectivity index (χ3v) is 8.48. The average molecular weight is 567 g/mol. The van der Waals surface area contributed by atoms with E-state index in [1.165, 1.54) is 11.8 Å². The molecule has 12 heteroatoms. The molecule has 1 aromatic carbocycles. The van der Waals surface area contributed by atoms with Gasteiger partial charge in [0.05, 0.1) is 13.2 Å². The number of aromatic nitrogens is 5. The van der Waals surface area contributed by atoms with Gasteiger partial charge in [0.1, 0.15) is 5.52 Å². The summed E-state index contributed by atoms with van der Waals surface area (Å²) in [5, 5.41) is 28.9. The Hall–Kier alpha value is -3.06. The van der Waals surface area contributed by atoms with Crippen LogP contribution in [0.4, 0.5) is 17.3 Å². The zero-order valence-corrected chi connectivity index (χ0v) is 24.1.